The molecule has 1 aliphatic rings. The first-order valence-corrected chi connectivity index (χ1v) is 14.5. The van der Waals surface area contributed by atoms with Crippen molar-refractivity contribution in [2.45, 2.75) is 63.1 Å². The van der Waals surface area contributed by atoms with Gasteiger partial charge >= 0.3 is 0 Å². The number of nitrogens with zero attached hydrogens (tertiary/aromatic N) is 2. The molecule has 1 fully saturated rings. The summed E-state index contributed by atoms with van der Waals surface area (Å²) in [6.45, 7) is 3.27. The number of para-hydroxylation sites is 1. The topological polar surface area (TPSA) is 86.8 Å². The normalized spacial score (nSPS) is 14.6. The molecule has 1 saturated carbocycles. The molecule has 0 heterocycles. The predicted octanol–water partition coefficient (Wildman–Crippen LogP) is 4.67. The lowest BCUT2D eigenvalue weighted by atomic mass is 10.1. The van der Waals surface area contributed by atoms with Crippen LogP contribution in [-0.4, -0.2) is 43.8 Å². The lowest BCUT2D eigenvalue weighted by Crippen LogP contribution is -2.52. The maximum absolute atomic E-state index is 13.9. The average molecular weight is 534 g/mol. The number of hydrogen-bond acceptors (Lipinski definition) is 4. The summed E-state index contributed by atoms with van der Waals surface area (Å²) in [7, 11) is -4.06. The van der Waals surface area contributed by atoms with Crippen molar-refractivity contribution in [1.29, 1.82) is 0 Å². The molecular formula is C30H35N3O4S. The second-order valence-corrected chi connectivity index (χ2v) is 11.6. The number of carbonyl (C=O) groups is 2. The molecule has 200 valence electrons. The molecule has 0 spiro atoms. The Morgan fingerprint density at radius 3 is 2.11 bits per heavy atom. The third-order valence-corrected chi connectivity index (χ3v) is 8.83. The van der Waals surface area contributed by atoms with E-state index in [1.165, 1.54) is 17.0 Å². The maximum Gasteiger partial charge on any atom is 0.264 e. The lowest BCUT2D eigenvalue weighted by molar-refractivity contribution is -0.139. The van der Waals surface area contributed by atoms with Crippen LogP contribution >= 0.6 is 0 Å². The largest absolute Gasteiger partial charge is 0.352 e. The van der Waals surface area contributed by atoms with E-state index in [1.807, 2.05) is 49.4 Å². The molecule has 0 saturated heterocycles. The highest BCUT2D eigenvalue weighted by Crippen LogP contribution is 2.27. The number of nitrogens with one attached hydrogen (secondary N) is 1. The molecule has 1 N–H and O–H groups in total. The lowest BCUT2D eigenvalue weighted by Gasteiger charge is -2.33. The van der Waals surface area contributed by atoms with Crippen LogP contribution in [0.3, 0.4) is 0 Å². The molecule has 0 aliphatic heterocycles. The monoisotopic (exact) mass is 533 g/mol. The molecule has 1 unspecified atom stereocenters. The average Bonchev–Trinajstić information content (AvgIpc) is 3.44. The fraction of sp³-hybridized carbons (Fsp3) is 0.333. The number of carbonyl (C=O) groups excluding carboxylic acids is 2. The third kappa shape index (κ3) is 6.42. The van der Waals surface area contributed by atoms with Crippen molar-refractivity contribution in [2.24, 2.45) is 0 Å². The Kier molecular flexibility index (Phi) is 8.84. The molecule has 3 aromatic carbocycles. The minimum Gasteiger partial charge on any atom is -0.352 e. The maximum atomic E-state index is 13.9. The first kappa shape index (κ1) is 27.4. The van der Waals surface area contributed by atoms with E-state index in [9.17, 15) is 18.0 Å². The van der Waals surface area contributed by atoms with Crippen LogP contribution in [0.15, 0.2) is 89.8 Å². The predicted molar refractivity (Wildman–Crippen MR) is 149 cm³/mol. The number of aryl methyl sites for hydroxylation is 1. The van der Waals surface area contributed by atoms with Crippen molar-refractivity contribution in [3.8, 4) is 0 Å². The van der Waals surface area contributed by atoms with Crippen LogP contribution in [0.4, 0.5) is 5.69 Å². The SMILES string of the molecule is Cc1ccccc1N(CC(=O)N(Cc1ccccc1)C(C)C(=O)NC1CCCC1)S(=O)(=O)c1ccccc1. The molecule has 0 aromatic heterocycles. The fourth-order valence-corrected chi connectivity index (χ4v) is 6.33. The van der Waals surface area contributed by atoms with Gasteiger partial charge in [0.1, 0.15) is 12.6 Å². The Morgan fingerprint density at radius 1 is 0.895 bits per heavy atom. The van der Waals surface area contributed by atoms with Crippen LogP contribution in [0.5, 0.6) is 0 Å². The highest BCUT2D eigenvalue weighted by Gasteiger charge is 2.33. The summed E-state index contributed by atoms with van der Waals surface area (Å²) < 4.78 is 28.8. The third-order valence-electron chi connectivity index (χ3n) is 7.06. The zero-order valence-corrected chi connectivity index (χ0v) is 22.7. The van der Waals surface area contributed by atoms with Gasteiger partial charge in [0.15, 0.2) is 0 Å². The Hall–Kier alpha value is -3.65. The Balaban J connectivity index is 1.67. The fourth-order valence-electron chi connectivity index (χ4n) is 4.83. The van der Waals surface area contributed by atoms with Crippen LogP contribution < -0.4 is 9.62 Å². The van der Waals surface area contributed by atoms with Gasteiger partial charge in [0.25, 0.3) is 10.0 Å². The molecular weight excluding hydrogens is 498 g/mol. The van der Waals surface area contributed by atoms with Gasteiger partial charge in [-0.3, -0.25) is 13.9 Å². The number of amides is 2. The van der Waals surface area contributed by atoms with E-state index in [4.69, 9.17) is 0 Å². The number of hydrogen-bond donors (Lipinski definition) is 1. The number of benzene rings is 3. The zero-order valence-electron chi connectivity index (χ0n) is 21.9. The van der Waals surface area contributed by atoms with Crippen molar-refractivity contribution >= 4 is 27.5 Å². The van der Waals surface area contributed by atoms with E-state index in [0.717, 1.165) is 41.1 Å². The van der Waals surface area contributed by atoms with E-state index in [-0.39, 0.29) is 23.4 Å². The van der Waals surface area contributed by atoms with Crippen molar-refractivity contribution in [3.05, 3.63) is 96.1 Å². The van der Waals surface area contributed by atoms with Crippen LogP contribution in [0.2, 0.25) is 0 Å². The van der Waals surface area contributed by atoms with E-state index in [2.05, 4.69) is 5.32 Å². The summed E-state index contributed by atoms with van der Waals surface area (Å²) in [5, 5.41) is 3.09. The first-order chi connectivity index (χ1) is 18.3. The van der Waals surface area contributed by atoms with Crippen LogP contribution in [0, 0.1) is 6.92 Å². The van der Waals surface area contributed by atoms with Gasteiger partial charge in [-0.25, -0.2) is 8.42 Å². The smallest absolute Gasteiger partial charge is 0.264 e. The van der Waals surface area contributed by atoms with Gasteiger partial charge in [0.2, 0.25) is 11.8 Å². The van der Waals surface area contributed by atoms with E-state index >= 15 is 0 Å². The molecule has 1 aliphatic carbocycles. The second kappa shape index (κ2) is 12.3. The van der Waals surface area contributed by atoms with Crippen molar-refractivity contribution in [2.75, 3.05) is 10.8 Å². The van der Waals surface area contributed by atoms with E-state index in [0.29, 0.717) is 5.69 Å². The quantitative estimate of drug-likeness (QED) is 0.411. The summed E-state index contributed by atoms with van der Waals surface area (Å²) in [6, 6.07) is 23.9. The molecule has 38 heavy (non-hydrogen) atoms. The van der Waals surface area contributed by atoms with Crippen molar-refractivity contribution < 1.29 is 18.0 Å². The van der Waals surface area contributed by atoms with Gasteiger partial charge in [-0.05, 0) is 56.0 Å². The minimum absolute atomic E-state index is 0.0951. The highest BCUT2D eigenvalue weighted by atomic mass is 32.2. The summed E-state index contributed by atoms with van der Waals surface area (Å²) >= 11 is 0. The number of anilines is 1. The summed E-state index contributed by atoms with van der Waals surface area (Å²) in [5.74, 6) is -0.680. The van der Waals surface area contributed by atoms with Crippen molar-refractivity contribution in [3.63, 3.8) is 0 Å². The molecule has 2 amide bonds. The Bertz CT molecular complexity index is 1340. The van der Waals surface area contributed by atoms with Gasteiger partial charge in [-0.1, -0.05) is 79.6 Å². The molecule has 0 radical (unpaired) electrons. The summed E-state index contributed by atoms with van der Waals surface area (Å²) in [5.41, 5.74) is 2.00. The van der Waals surface area contributed by atoms with Gasteiger partial charge < -0.3 is 10.2 Å². The highest BCUT2D eigenvalue weighted by molar-refractivity contribution is 7.92. The van der Waals surface area contributed by atoms with Gasteiger partial charge in [0, 0.05) is 12.6 Å². The molecule has 7 nitrogen and oxygen atoms in total. The van der Waals surface area contributed by atoms with Crippen molar-refractivity contribution in [1.82, 2.24) is 10.2 Å². The standard InChI is InChI=1S/C30H35N3O4S/c1-23-13-9-12-20-28(23)33(38(36,37)27-18-7-4-8-19-27)22-29(34)32(21-25-14-5-3-6-15-25)24(2)30(35)31-26-16-10-11-17-26/h3-9,12-15,18-20,24,26H,10-11,16-17,21-22H2,1-2H3,(H,31,35). The molecule has 3 aromatic rings. The Morgan fingerprint density at radius 2 is 1.47 bits per heavy atom. The van der Waals surface area contributed by atoms with Crippen LogP contribution in [0.25, 0.3) is 0 Å². The van der Waals surface area contributed by atoms with Gasteiger partial charge in [-0.2, -0.15) is 0 Å². The van der Waals surface area contributed by atoms with Gasteiger partial charge in [0.05, 0.1) is 10.6 Å². The van der Waals surface area contributed by atoms with E-state index in [1.54, 1.807) is 37.3 Å². The molecule has 4 rings (SSSR count). The zero-order chi connectivity index (χ0) is 27.1. The van der Waals surface area contributed by atoms with Crippen LogP contribution in [-0.2, 0) is 26.2 Å². The molecule has 8 heteroatoms. The molecule has 1 atom stereocenters. The van der Waals surface area contributed by atoms with Gasteiger partial charge in [-0.15, -0.1) is 0 Å². The summed E-state index contributed by atoms with van der Waals surface area (Å²) in [4.78, 5) is 28.7. The van der Waals surface area contributed by atoms with Crippen LogP contribution in [0.1, 0.15) is 43.7 Å². The number of rotatable bonds is 10. The first-order valence-electron chi connectivity index (χ1n) is 13.0. The Labute approximate surface area is 225 Å². The minimum atomic E-state index is -4.06. The molecule has 0 bridgehead atoms. The number of sulfonamides is 1. The van der Waals surface area contributed by atoms with E-state index < -0.39 is 28.5 Å². The second-order valence-electron chi connectivity index (χ2n) is 9.78. The summed E-state index contributed by atoms with van der Waals surface area (Å²) in [6.07, 6.45) is 4.02.